The van der Waals surface area contributed by atoms with Crippen LogP contribution in [0.2, 0.25) is 0 Å². The molecule has 0 radical (unpaired) electrons. The van der Waals surface area contributed by atoms with Gasteiger partial charge in [-0.3, -0.25) is 19.7 Å². The summed E-state index contributed by atoms with van der Waals surface area (Å²) in [7, 11) is 0. The molecule has 3 heterocycles. The van der Waals surface area contributed by atoms with Crippen molar-refractivity contribution in [1.82, 2.24) is 15.0 Å². The molecule has 1 amide bonds. The van der Waals surface area contributed by atoms with Crippen LogP contribution in [0.5, 0.6) is 11.5 Å². The number of phenols is 2. The van der Waals surface area contributed by atoms with Crippen LogP contribution in [0.15, 0.2) is 60.2 Å². The van der Waals surface area contributed by atoms with E-state index < -0.39 is 29.9 Å². The average Bonchev–Trinajstić information content (AvgIpc) is 3.60. The molecule has 6 N–H and O–H groups in total. The molecule has 0 aliphatic heterocycles. The number of hydrogen-bond acceptors (Lipinski definition) is 8. The summed E-state index contributed by atoms with van der Waals surface area (Å²) in [4.78, 5) is 37.6. The molecule has 3 atom stereocenters. The number of benzene rings is 1. The van der Waals surface area contributed by atoms with Crippen LogP contribution in [0, 0.1) is 5.92 Å². The minimum absolute atomic E-state index is 0.0250. The van der Waals surface area contributed by atoms with Crippen molar-refractivity contribution < 1.29 is 34.8 Å². The first-order valence-corrected chi connectivity index (χ1v) is 13.3. The van der Waals surface area contributed by atoms with Gasteiger partial charge < -0.3 is 30.1 Å². The Morgan fingerprint density at radius 2 is 1.95 bits per heavy atom. The molecule has 5 rings (SSSR count). The summed E-state index contributed by atoms with van der Waals surface area (Å²) in [5.41, 5.74) is 2.32. The molecule has 11 heteroatoms. The van der Waals surface area contributed by atoms with Crippen LogP contribution in [0.1, 0.15) is 49.4 Å². The Bertz CT molecular complexity index is 1510. The number of aromatic nitrogens is 1. The van der Waals surface area contributed by atoms with E-state index in [4.69, 9.17) is 0 Å². The standard InChI is InChI=1S/C28H27N3O7S/c32-21-12-16-10-15(24(33)17-11-18-4-1-2-8-31(18)14-17)6-7-19(16)25(34)23(21)27(36)30-20(28(37)38)13-29-26(35)22-5-3-9-39-22/h1-5,8-9,11-12,14-15,20,27,30,32,34,36H,6-7,10,13H2,(H,29,35)(H,37,38)/t15?,20-,27?/m0/s1. The lowest BCUT2D eigenvalue weighted by Crippen LogP contribution is -2.47. The average molecular weight is 550 g/mol. The number of pyridine rings is 1. The number of aliphatic carboxylic acids is 1. The SMILES string of the molecule is O=C(NC[C@H](NC(O)c1c(O)cc2c(c1O)CCC(C(=O)c1cc3ccccn3c1)C2)C(=O)O)c1cccs1. The lowest BCUT2D eigenvalue weighted by Gasteiger charge is -2.27. The van der Waals surface area contributed by atoms with E-state index in [0.717, 1.165) is 5.52 Å². The van der Waals surface area contributed by atoms with Crippen LogP contribution in [0.4, 0.5) is 0 Å². The van der Waals surface area contributed by atoms with E-state index in [2.05, 4.69) is 10.6 Å². The van der Waals surface area contributed by atoms with Crippen LogP contribution in [0.3, 0.4) is 0 Å². The molecular formula is C28H27N3O7S. The molecular weight excluding hydrogens is 522 g/mol. The number of phenolic OH excluding ortho intramolecular Hbond substituents is 2. The van der Waals surface area contributed by atoms with E-state index in [1.54, 1.807) is 23.7 Å². The van der Waals surface area contributed by atoms with Crippen molar-refractivity contribution in [3.8, 4) is 11.5 Å². The zero-order valence-corrected chi connectivity index (χ0v) is 21.5. The number of rotatable bonds is 9. The number of amides is 1. The minimum Gasteiger partial charge on any atom is -0.507 e. The van der Waals surface area contributed by atoms with Crippen molar-refractivity contribution >= 4 is 34.5 Å². The molecule has 1 aromatic carbocycles. The number of thiophene rings is 1. The molecule has 3 aromatic heterocycles. The largest absolute Gasteiger partial charge is 0.507 e. The highest BCUT2D eigenvalue weighted by atomic mass is 32.1. The zero-order chi connectivity index (χ0) is 27.7. The number of carboxylic acid groups (broad SMARTS) is 1. The van der Waals surface area contributed by atoms with Gasteiger partial charge in [0.2, 0.25) is 0 Å². The summed E-state index contributed by atoms with van der Waals surface area (Å²) in [5.74, 6) is -2.94. The van der Waals surface area contributed by atoms with E-state index >= 15 is 0 Å². The number of Topliss-reactive ketones (excluding diaryl/α,β-unsaturated/α-hetero) is 1. The van der Waals surface area contributed by atoms with E-state index in [-0.39, 0.29) is 29.6 Å². The van der Waals surface area contributed by atoms with Gasteiger partial charge >= 0.3 is 5.97 Å². The van der Waals surface area contributed by atoms with Crippen LogP contribution in [0.25, 0.3) is 5.52 Å². The van der Waals surface area contributed by atoms with Crippen molar-refractivity contribution in [2.45, 2.75) is 31.5 Å². The highest BCUT2D eigenvalue weighted by molar-refractivity contribution is 7.12. The Balaban J connectivity index is 1.30. The number of hydrogen-bond donors (Lipinski definition) is 6. The summed E-state index contributed by atoms with van der Waals surface area (Å²) >= 11 is 1.20. The molecule has 4 aromatic rings. The normalized spacial score (nSPS) is 16.4. The summed E-state index contributed by atoms with van der Waals surface area (Å²) in [6.07, 6.45) is 3.03. The summed E-state index contributed by atoms with van der Waals surface area (Å²) in [5, 5.41) is 48.6. The zero-order valence-electron chi connectivity index (χ0n) is 20.7. The smallest absolute Gasteiger partial charge is 0.322 e. The quantitative estimate of drug-likeness (QED) is 0.137. The molecule has 0 saturated heterocycles. The van der Waals surface area contributed by atoms with Gasteiger partial charge in [0.25, 0.3) is 5.91 Å². The molecule has 0 saturated carbocycles. The highest BCUT2D eigenvalue weighted by Crippen LogP contribution is 2.42. The molecule has 202 valence electrons. The van der Waals surface area contributed by atoms with Crippen LogP contribution in [-0.2, 0) is 17.6 Å². The van der Waals surface area contributed by atoms with E-state index in [0.29, 0.717) is 40.8 Å². The van der Waals surface area contributed by atoms with Gasteiger partial charge in [-0.15, -0.1) is 11.3 Å². The summed E-state index contributed by atoms with van der Waals surface area (Å²) in [6.45, 7) is -0.339. The van der Waals surface area contributed by atoms with Gasteiger partial charge in [-0.05, 0) is 66.1 Å². The Hall–Kier alpha value is -4.19. The van der Waals surface area contributed by atoms with E-state index in [1.165, 1.54) is 17.4 Å². The molecule has 0 spiro atoms. The lowest BCUT2D eigenvalue weighted by molar-refractivity contribution is -0.140. The Morgan fingerprint density at radius 1 is 1.13 bits per heavy atom. The van der Waals surface area contributed by atoms with Gasteiger partial charge in [-0.1, -0.05) is 12.1 Å². The number of fused-ring (bicyclic) bond motifs is 2. The van der Waals surface area contributed by atoms with Crippen LogP contribution < -0.4 is 10.6 Å². The maximum atomic E-state index is 13.2. The summed E-state index contributed by atoms with van der Waals surface area (Å²) in [6, 6.07) is 10.8. The second-order valence-electron chi connectivity index (χ2n) is 9.51. The van der Waals surface area contributed by atoms with E-state index in [1.807, 2.05) is 34.9 Å². The monoisotopic (exact) mass is 549 g/mol. The number of aliphatic hydroxyl groups excluding tert-OH is 1. The van der Waals surface area contributed by atoms with Crippen molar-refractivity contribution in [3.05, 3.63) is 87.4 Å². The lowest BCUT2D eigenvalue weighted by atomic mass is 9.79. The molecule has 39 heavy (non-hydrogen) atoms. The first-order chi connectivity index (χ1) is 18.7. The Kier molecular flexibility index (Phi) is 7.38. The number of nitrogens with one attached hydrogen (secondary N) is 2. The van der Waals surface area contributed by atoms with E-state index in [9.17, 15) is 34.8 Å². The van der Waals surface area contributed by atoms with Gasteiger partial charge in [0, 0.05) is 35.9 Å². The maximum absolute atomic E-state index is 13.2. The van der Waals surface area contributed by atoms with Crippen molar-refractivity contribution in [2.24, 2.45) is 5.92 Å². The van der Waals surface area contributed by atoms with Gasteiger partial charge in [0.05, 0.1) is 10.4 Å². The second kappa shape index (κ2) is 10.9. The number of ketones is 1. The van der Waals surface area contributed by atoms with Crippen LogP contribution >= 0.6 is 11.3 Å². The maximum Gasteiger partial charge on any atom is 0.322 e. The fraction of sp³-hybridized carbons (Fsp3) is 0.250. The van der Waals surface area contributed by atoms with Crippen molar-refractivity contribution in [2.75, 3.05) is 6.54 Å². The number of carboxylic acids is 1. The highest BCUT2D eigenvalue weighted by Gasteiger charge is 2.32. The molecule has 0 bridgehead atoms. The molecule has 0 fully saturated rings. The number of aromatic hydroxyl groups is 2. The first-order valence-electron chi connectivity index (χ1n) is 12.4. The van der Waals surface area contributed by atoms with Gasteiger partial charge in [0.15, 0.2) is 5.78 Å². The number of aliphatic hydroxyl groups is 1. The van der Waals surface area contributed by atoms with Gasteiger partial charge in [-0.2, -0.15) is 0 Å². The molecule has 1 aliphatic carbocycles. The van der Waals surface area contributed by atoms with Crippen LogP contribution in [-0.4, -0.2) is 55.1 Å². The molecule has 2 unspecified atom stereocenters. The minimum atomic E-state index is -1.73. The summed E-state index contributed by atoms with van der Waals surface area (Å²) < 4.78 is 1.88. The topological polar surface area (TPSA) is 161 Å². The predicted molar refractivity (Wildman–Crippen MR) is 143 cm³/mol. The first kappa shape index (κ1) is 26.4. The fourth-order valence-electron chi connectivity index (χ4n) is 5.01. The third-order valence-corrected chi connectivity index (χ3v) is 7.90. The Morgan fingerprint density at radius 3 is 2.67 bits per heavy atom. The number of carbonyl (C=O) groups is 3. The molecule has 10 nitrogen and oxygen atoms in total. The molecule has 1 aliphatic rings. The number of nitrogens with zero attached hydrogens (tertiary/aromatic N) is 1. The fourth-order valence-corrected chi connectivity index (χ4v) is 5.65. The predicted octanol–water partition coefficient (Wildman–Crippen LogP) is 2.86. The van der Waals surface area contributed by atoms with Crippen molar-refractivity contribution in [3.63, 3.8) is 0 Å². The van der Waals surface area contributed by atoms with Gasteiger partial charge in [0.1, 0.15) is 23.8 Å². The van der Waals surface area contributed by atoms with Crippen molar-refractivity contribution in [1.29, 1.82) is 0 Å². The third-order valence-electron chi connectivity index (χ3n) is 7.03. The van der Waals surface area contributed by atoms with Gasteiger partial charge in [-0.25, -0.2) is 0 Å². The Labute approximate surface area is 227 Å². The third kappa shape index (κ3) is 5.37. The number of carbonyl (C=O) groups excluding carboxylic acids is 2. The second-order valence-corrected chi connectivity index (χ2v) is 10.5.